The van der Waals surface area contributed by atoms with E-state index >= 15 is 0 Å². The number of aromatic nitrogens is 2. The molecular formula is C24H28N4O2S. The minimum Gasteiger partial charge on any atom is -0.438 e. The normalized spacial score (nSPS) is 17.1. The molecule has 1 aromatic carbocycles. The highest BCUT2D eigenvalue weighted by Gasteiger charge is 2.25. The number of rotatable bonds is 5. The highest BCUT2D eigenvalue weighted by Crippen LogP contribution is 2.41. The highest BCUT2D eigenvalue weighted by atomic mass is 32.1. The van der Waals surface area contributed by atoms with Gasteiger partial charge in [-0.15, -0.1) is 11.3 Å². The molecule has 2 aromatic heterocycles. The van der Waals surface area contributed by atoms with Crippen molar-refractivity contribution in [3.8, 4) is 11.6 Å². The molecule has 1 aliphatic carbocycles. The molecule has 1 saturated heterocycles. The minimum atomic E-state index is -0.102. The van der Waals surface area contributed by atoms with Crippen molar-refractivity contribution in [1.29, 1.82) is 0 Å². The number of piperidine rings is 1. The second-order valence-electron chi connectivity index (χ2n) is 8.75. The lowest BCUT2D eigenvalue weighted by molar-refractivity contribution is -0.114. The number of hydrogen-bond donors (Lipinski definition) is 1. The summed E-state index contributed by atoms with van der Waals surface area (Å²) in [5.41, 5.74) is 2.07. The van der Waals surface area contributed by atoms with E-state index in [2.05, 4.69) is 17.1 Å². The number of amides is 1. The number of ether oxygens (including phenoxy) is 1. The Labute approximate surface area is 186 Å². The lowest BCUT2D eigenvalue weighted by Gasteiger charge is -2.29. The number of carbonyl (C=O) groups excluding carboxylic acids is 1. The van der Waals surface area contributed by atoms with Gasteiger partial charge in [0.2, 0.25) is 11.8 Å². The Hall–Kier alpha value is -2.51. The van der Waals surface area contributed by atoms with Crippen LogP contribution in [0.1, 0.15) is 49.4 Å². The Kier molecular flexibility index (Phi) is 5.63. The summed E-state index contributed by atoms with van der Waals surface area (Å²) in [6, 6.07) is 7.48. The molecule has 0 bridgehead atoms. The van der Waals surface area contributed by atoms with E-state index in [0.29, 0.717) is 17.3 Å². The summed E-state index contributed by atoms with van der Waals surface area (Å²) in [5.74, 6) is 2.84. The third kappa shape index (κ3) is 4.43. The van der Waals surface area contributed by atoms with Crippen LogP contribution in [-0.4, -0.2) is 33.9 Å². The molecule has 0 radical (unpaired) electrons. The van der Waals surface area contributed by atoms with Crippen molar-refractivity contribution in [2.75, 3.05) is 18.4 Å². The summed E-state index contributed by atoms with van der Waals surface area (Å²) in [4.78, 5) is 26.2. The van der Waals surface area contributed by atoms with E-state index in [0.717, 1.165) is 54.4 Å². The zero-order valence-electron chi connectivity index (χ0n) is 18.1. The van der Waals surface area contributed by atoms with Gasteiger partial charge in [0.25, 0.3) is 0 Å². The van der Waals surface area contributed by atoms with Gasteiger partial charge >= 0.3 is 0 Å². The first kappa shape index (κ1) is 20.4. The van der Waals surface area contributed by atoms with Crippen molar-refractivity contribution < 1.29 is 9.53 Å². The fourth-order valence-electron chi connectivity index (χ4n) is 4.52. The average molecular weight is 437 g/mol. The molecule has 3 aromatic rings. The third-order valence-electron chi connectivity index (χ3n) is 6.19. The van der Waals surface area contributed by atoms with Gasteiger partial charge in [0.15, 0.2) is 0 Å². The molecule has 2 aliphatic rings. The average Bonchev–Trinajstić information content (AvgIpc) is 3.30. The molecule has 1 amide bonds. The number of thiophene rings is 1. The first-order valence-electron chi connectivity index (χ1n) is 11.1. The molecule has 0 saturated carbocycles. The summed E-state index contributed by atoms with van der Waals surface area (Å²) in [6.45, 7) is 6.78. The molecule has 1 fully saturated rings. The number of anilines is 1. The second kappa shape index (κ2) is 8.55. The monoisotopic (exact) mass is 436 g/mol. The number of carbonyl (C=O) groups is 1. The van der Waals surface area contributed by atoms with Crippen LogP contribution in [-0.2, 0) is 24.2 Å². The molecule has 1 N–H and O–H groups in total. The summed E-state index contributed by atoms with van der Waals surface area (Å²) < 4.78 is 6.33. The van der Waals surface area contributed by atoms with Crippen molar-refractivity contribution in [3.63, 3.8) is 0 Å². The predicted octanol–water partition coefficient (Wildman–Crippen LogP) is 5.16. The lowest BCUT2D eigenvalue weighted by atomic mass is 9.99. The van der Waals surface area contributed by atoms with Gasteiger partial charge in [-0.3, -0.25) is 9.69 Å². The molecule has 31 heavy (non-hydrogen) atoms. The van der Waals surface area contributed by atoms with Crippen LogP contribution in [0.4, 0.5) is 5.69 Å². The number of nitrogens with zero attached hydrogens (tertiary/aromatic N) is 3. The Bertz CT molecular complexity index is 1120. The van der Waals surface area contributed by atoms with Crippen LogP contribution >= 0.6 is 11.3 Å². The third-order valence-corrected chi connectivity index (χ3v) is 7.37. The smallest absolute Gasteiger partial charge is 0.231 e. The van der Waals surface area contributed by atoms with E-state index in [9.17, 15) is 4.79 Å². The summed E-state index contributed by atoms with van der Waals surface area (Å²) in [6.07, 6.45) is 5.82. The first-order chi connectivity index (χ1) is 15.0. The molecule has 1 aliphatic heterocycles. The van der Waals surface area contributed by atoms with E-state index < -0.39 is 0 Å². The molecule has 0 spiro atoms. The number of nitrogens with one attached hydrogen (secondary N) is 1. The summed E-state index contributed by atoms with van der Waals surface area (Å²) in [5, 5.41) is 3.89. The molecule has 5 rings (SSSR count). The largest absolute Gasteiger partial charge is 0.438 e. The maximum Gasteiger partial charge on any atom is 0.231 e. The van der Waals surface area contributed by atoms with Gasteiger partial charge in [-0.1, -0.05) is 13.0 Å². The zero-order valence-corrected chi connectivity index (χ0v) is 18.9. The van der Waals surface area contributed by atoms with E-state index in [1.54, 1.807) is 11.3 Å². The number of aryl methyl sites for hydroxylation is 2. The fourth-order valence-corrected chi connectivity index (χ4v) is 5.79. The van der Waals surface area contributed by atoms with E-state index in [4.69, 9.17) is 14.7 Å². The van der Waals surface area contributed by atoms with Crippen LogP contribution < -0.4 is 10.1 Å². The topological polar surface area (TPSA) is 67.3 Å². The molecule has 0 unspecified atom stereocenters. The summed E-state index contributed by atoms with van der Waals surface area (Å²) in [7, 11) is 0. The highest BCUT2D eigenvalue weighted by molar-refractivity contribution is 7.19. The number of fused-ring (bicyclic) bond motifs is 3. The van der Waals surface area contributed by atoms with Crippen molar-refractivity contribution in [3.05, 3.63) is 40.5 Å². The van der Waals surface area contributed by atoms with Crippen molar-refractivity contribution >= 4 is 33.1 Å². The van der Waals surface area contributed by atoms with Crippen LogP contribution in [0, 0.1) is 5.92 Å². The fraction of sp³-hybridized carbons (Fsp3) is 0.458. The summed E-state index contributed by atoms with van der Waals surface area (Å²) >= 11 is 1.79. The molecule has 3 heterocycles. The SMILES string of the molecule is CC(=O)Nc1cccc(Oc2nc(CN3CCC(C)CC3)nc3sc4c(c23)CCC4)c1. The lowest BCUT2D eigenvalue weighted by Crippen LogP contribution is -2.32. The molecule has 7 heteroatoms. The van der Waals surface area contributed by atoms with Crippen LogP contribution in [0.5, 0.6) is 11.6 Å². The van der Waals surface area contributed by atoms with Gasteiger partial charge in [0.05, 0.1) is 11.9 Å². The maximum absolute atomic E-state index is 11.4. The van der Waals surface area contributed by atoms with Gasteiger partial charge in [-0.25, -0.2) is 4.98 Å². The van der Waals surface area contributed by atoms with Crippen LogP contribution in [0.15, 0.2) is 24.3 Å². The maximum atomic E-state index is 11.4. The number of likely N-dealkylation sites (tertiary alicyclic amines) is 1. The molecule has 6 nitrogen and oxygen atoms in total. The van der Waals surface area contributed by atoms with Crippen molar-refractivity contribution in [2.45, 2.75) is 52.5 Å². The van der Waals surface area contributed by atoms with E-state index in [1.807, 2.05) is 24.3 Å². The molecule has 162 valence electrons. The van der Waals surface area contributed by atoms with Gasteiger partial charge in [0, 0.05) is 23.6 Å². The second-order valence-corrected chi connectivity index (χ2v) is 9.84. The Morgan fingerprint density at radius 1 is 1.26 bits per heavy atom. The predicted molar refractivity (Wildman–Crippen MR) is 124 cm³/mol. The van der Waals surface area contributed by atoms with Crippen molar-refractivity contribution in [1.82, 2.24) is 14.9 Å². The van der Waals surface area contributed by atoms with Crippen LogP contribution in [0.3, 0.4) is 0 Å². The number of hydrogen-bond acceptors (Lipinski definition) is 6. The zero-order chi connectivity index (χ0) is 21.4. The van der Waals surface area contributed by atoms with E-state index in [-0.39, 0.29) is 5.91 Å². The Balaban J connectivity index is 1.48. The van der Waals surface area contributed by atoms with Crippen LogP contribution in [0.2, 0.25) is 0 Å². The van der Waals surface area contributed by atoms with Gasteiger partial charge in [0.1, 0.15) is 16.4 Å². The molecule has 0 atom stereocenters. The van der Waals surface area contributed by atoms with Gasteiger partial charge in [-0.2, -0.15) is 4.98 Å². The minimum absolute atomic E-state index is 0.102. The van der Waals surface area contributed by atoms with Crippen molar-refractivity contribution in [2.24, 2.45) is 5.92 Å². The molecular weight excluding hydrogens is 408 g/mol. The number of benzene rings is 1. The Morgan fingerprint density at radius 2 is 2.10 bits per heavy atom. The standard InChI is InChI=1S/C24H28N4O2S/c1-15-9-11-28(12-10-15)14-21-26-23(22-19-7-4-8-20(19)31-24(22)27-21)30-18-6-3-5-17(13-18)25-16(2)29/h3,5-6,13,15H,4,7-12,14H2,1-2H3,(H,25,29). The van der Waals surface area contributed by atoms with Crippen LogP contribution in [0.25, 0.3) is 10.2 Å². The quantitative estimate of drug-likeness (QED) is 0.598. The van der Waals surface area contributed by atoms with E-state index in [1.165, 1.54) is 36.6 Å². The first-order valence-corrected chi connectivity index (χ1v) is 12.0. The van der Waals surface area contributed by atoms with Gasteiger partial charge in [-0.05, 0) is 68.8 Å². The van der Waals surface area contributed by atoms with Gasteiger partial charge < -0.3 is 10.1 Å². The Morgan fingerprint density at radius 3 is 2.90 bits per heavy atom.